The first-order chi connectivity index (χ1) is 9.36. The van der Waals surface area contributed by atoms with E-state index in [-0.39, 0.29) is 29.6 Å². The van der Waals surface area contributed by atoms with E-state index in [1.54, 1.807) is 6.07 Å². The molecule has 0 aliphatic heterocycles. The van der Waals surface area contributed by atoms with Crippen LogP contribution >= 0.6 is 0 Å². The lowest BCUT2D eigenvalue weighted by Crippen LogP contribution is -2.16. The summed E-state index contributed by atoms with van der Waals surface area (Å²) in [5.41, 5.74) is 0. The minimum absolute atomic E-state index is 0.131. The van der Waals surface area contributed by atoms with Crippen molar-refractivity contribution in [3.05, 3.63) is 30.0 Å². The second-order valence-electron chi connectivity index (χ2n) is 4.11. The number of ketones is 1. The third-order valence-electron chi connectivity index (χ3n) is 2.02. The van der Waals surface area contributed by atoms with Gasteiger partial charge in [0, 0.05) is 6.08 Å². The molecule has 0 bridgehead atoms. The van der Waals surface area contributed by atoms with Crippen LogP contribution in [0.2, 0.25) is 0 Å². The Morgan fingerprint density at radius 2 is 1.80 bits per heavy atom. The molecule has 1 rings (SSSR count). The zero-order valence-corrected chi connectivity index (χ0v) is 11.1. The molecule has 3 N–H and O–H groups in total. The van der Waals surface area contributed by atoms with Crippen LogP contribution in [-0.4, -0.2) is 27.7 Å². The molecule has 0 fully saturated rings. The summed E-state index contributed by atoms with van der Waals surface area (Å²) in [6.07, 6.45) is 0.771. The maximum atomic E-state index is 11.4. The fourth-order valence-electron chi connectivity index (χ4n) is 1.34. The minimum atomic E-state index is -0.537. The normalized spacial score (nSPS) is 10.8. The molecule has 1 heterocycles. The molecule has 2 amide bonds. The van der Waals surface area contributed by atoms with Gasteiger partial charge < -0.3 is 15.7 Å². The van der Waals surface area contributed by atoms with Crippen LogP contribution in [0.15, 0.2) is 30.0 Å². The highest BCUT2D eigenvalue weighted by atomic mass is 16.3. The summed E-state index contributed by atoms with van der Waals surface area (Å²) in [7, 11) is 0. The Balaban J connectivity index is 2.71. The van der Waals surface area contributed by atoms with Crippen LogP contribution in [0.25, 0.3) is 0 Å². The van der Waals surface area contributed by atoms with Gasteiger partial charge >= 0.3 is 0 Å². The molecule has 1 aromatic rings. The highest BCUT2D eigenvalue weighted by Gasteiger charge is 2.07. The second-order valence-corrected chi connectivity index (χ2v) is 4.11. The molecule has 0 aliphatic carbocycles. The predicted octanol–water partition coefficient (Wildman–Crippen LogP) is 1.40. The molecule has 0 radical (unpaired) electrons. The highest BCUT2D eigenvalue weighted by molar-refractivity contribution is 6.03. The Bertz CT molecular complexity index is 562. The van der Waals surface area contributed by atoms with E-state index in [9.17, 15) is 14.4 Å². The quantitative estimate of drug-likeness (QED) is 0.428. The van der Waals surface area contributed by atoms with Gasteiger partial charge in [0.25, 0.3) is 5.91 Å². The third kappa shape index (κ3) is 5.76. The van der Waals surface area contributed by atoms with E-state index in [1.165, 1.54) is 26.0 Å². The van der Waals surface area contributed by atoms with Gasteiger partial charge in [-0.15, -0.1) is 0 Å². The van der Waals surface area contributed by atoms with Gasteiger partial charge in [0.1, 0.15) is 17.4 Å². The zero-order valence-electron chi connectivity index (χ0n) is 11.1. The monoisotopic (exact) mass is 277 g/mol. The molecule has 1 aromatic heterocycles. The minimum Gasteiger partial charge on any atom is -0.512 e. The summed E-state index contributed by atoms with van der Waals surface area (Å²) in [5.74, 6) is -0.958. The first-order valence-electron chi connectivity index (χ1n) is 5.81. The van der Waals surface area contributed by atoms with Gasteiger partial charge in [-0.25, -0.2) is 4.98 Å². The fraction of sp³-hybridized carbons (Fsp3) is 0.231. The number of carbonyl (C=O) groups excluding carboxylic acids is 3. The molecule has 0 saturated heterocycles. The van der Waals surface area contributed by atoms with E-state index < -0.39 is 11.8 Å². The number of aromatic nitrogens is 1. The Labute approximate surface area is 115 Å². The number of carbonyl (C=O) groups is 3. The van der Waals surface area contributed by atoms with Gasteiger partial charge in [0.05, 0.1) is 12.2 Å². The fourth-order valence-corrected chi connectivity index (χ4v) is 1.34. The number of pyridine rings is 1. The number of aliphatic hydroxyl groups excluding tert-OH is 1. The van der Waals surface area contributed by atoms with Crippen LogP contribution in [-0.2, 0) is 14.4 Å². The number of anilines is 2. The average Bonchev–Trinajstić information content (AvgIpc) is 2.26. The van der Waals surface area contributed by atoms with Crippen LogP contribution in [0.3, 0.4) is 0 Å². The Kier molecular flexibility index (Phi) is 5.40. The zero-order chi connectivity index (χ0) is 15.1. The number of aliphatic hydroxyl groups is 1. The van der Waals surface area contributed by atoms with Crippen molar-refractivity contribution in [1.29, 1.82) is 0 Å². The summed E-state index contributed by atoms with van der Waals surface area (Å²) in [5, 5.41) is 13.8. The van der Waals surface area contributed by atoms with E-state index in [2.05, 4.69) is 15.6 Å². The predicted molar refractivity (Wildman–Crippen MR) is 73.2 cm³/mol. The van der Waals surface area contributed by atoms with E-state index in [0.29, 0.717) is 0 Å². The van der Waals surface area contributed by atoms with Crippen molar-refractivity contribution in [3.8, 4) is 0 Å². The number of allylic oxidation sites excluding steroid dienone is 1. The Morgan fingerprint density at radius 1 is 1.20 bits per heavy atom. The smallest absolute Gasteiger partial charge is 0.252 e. The number of hydrogen-bond acceptors (Lipinski definition) is 5. The molecular formula is C13H15N3O4. The van der Waals surface area contributed by atoms with Gasteiger partial charge in [0.15, 0.2) is 0 Å². The summed E-state index contributed by atoms with van der Waals surface area (Å²) in [6, 6.07) is 4.64. The SMILES string of the molecule is CC(=O)CC(=O)Nc1cccc(NC(=O)/C=C(/C)O)n1. The molecule has 0 aromatic carbocycles. The van der Waals surface area contributed by atoms with Crippen LogP contribution < -0.4 is 10.6 Å². The van der Waals surface area contributed by atoms with Crippen molar-refractivity contribution < 1.29 is 19.5 Å². The summed E-state index contributed by atoms with van der Waals surface area (Å²) in [4.78, 5) is 37.6. The van der Waals surface area contributed by atoms with Crippen molar-refractivity contribution in [3.63, 3.8) is 0 Å². The summed E-state index contributed by atoms with van der Waals surface area (Å²) < 4.78 is 0. The molecule has 106 valence electrons. The second kappa shape index (κ2) is 7.03. The summed E-state index contributed by atoms with van der Waals surface area (Å²) in [6.45, 7) is 2.68. The van der Waals surface area contributed by atoms with Gasteiger partial charge in [-0.05, 0) is 26.0 Å². The standard InChI is InChI=1S/C13H15N3O4/c1-8(17)6-12(19)15-10-4-3-5-11(14-10)16-13(20)7-9(2)18/h3-6,17H,7H2,1-2H3,(H2,14,15,16,19,20)/b8-6-. The maximum Gasteiger partial charge on any atom is 0.252 e. The van der Waals surface area contributed by atoms with Gasteiger partial charge in [-0.1, -0.05) is 6.07 Å². The highest BCUT2D eigenvalue weighted by Crippen LogP contribution is 2.09. The van der Waals surface area contributed by atoms with Crippen molar-refractivity contribution >= 4 is 29.2 Å². The molecule has 0 spiro atoms. The van der Waals surface area contributed by atoms with Gasteiger partial charge in [0.2, 0.25) is 5.91 Å². The molecular weight excluding hydrogens is 262 g/mol. The van der Waals surface area contributed by atoms with Crippen LogP contribution in [0.4, 0.5) is 11.6 Å². The number of Topliss-reactive ketones (excluding diaryl/α,β-unsaturated/α-hetero) is 1. The first kappa shape index (κ1) is 15.4. The van der Waals surface area contributed by atoms with Crippen LogP contribution in [0.5, 0.6) is 0 Å². The lowest BCUT2D eigenvalue weighted by molar-refractivity contribution is -0.124. The topological polar surface area (TPSA) is 108 Å². The van der Waals surface area contributed by atoms with E-state index in [1.807, 2.05) is 0 Å². The number of rotatable bonds is 5. The molecule has 0 unspecified atom stereocenters. The van der Waals surface area contributed by atoms with Crippen molar-refractivity contribution in [2.45, 2.75) is 20.3 Å². The molecule has 0 aliphatic rings. The van der Waals surface area contributed by atoms with Crippen LogP contribution in [0, 0.1) is 0 Å². The Hall–Kier alpha value is -2.70. The van der Waals surface area contributed by atoms with Crippen LogP contribution in [0.1, 0.15) is 20.3 Å². The van der Waals surface area contributed by atoms with Gasteiger partial charge in [-0.3, -0.25) is 14.4 Å². The molecule has 7 heteroatoms. The van der Waals surface area contributed by atoms with Crippen molar-refractivity contribution in [2.24, 2.45) is 0 Å². The molecule has 7 nitrogen and oxygen atoms in total. The molecule has 20 heavy (non-hydrogen) atoms. The van der Waals surface area contributed by atoms with E-state index in [0.717, 1.165) is 6.08 Å². The maximum absolute atomic E-state index is 11.4. The van der Waals surface area contributed by atoms with Gasteiger partial charge in [-0.2, -0.15) is 0 Å². The third-order valence-corrected chi connectivity index (χ3v) is 2.02. The largest absolute Gasteiger partial charge is 0.512 e. The Morgan fingerprint density at radius 3 is 2.35 bits per heavy atom. The van der Waals surface area contributed by atoms with E-state index >= 15 is 0 Å². The lowest BCUT2D eigenvalue weighted by Gasteiger charge is -2.06. The first-order valence-corrected chi connectivity index (χ1v) is 5.81. The number of hydrogen-bond donors (Lipinski definition) is 3. The molecule has 0 saturated carbocycles. The average molecular weight is 277 g/mol. The number of nitrogens with one attached hydrogen (secondary N) is 2. The van der Waals surface area contributed by atoms with Crippen molar-refractivity contribution in [2.75, 3.05) is 10.6 Å². The van der Waals surface area contributed by atoms with Crippen molar-refractivity contribution in [1.82, 2.24) is 4.98 Å². The lowest BCUT2D eigenvalue weighted by atomic mass is 10.3. The van der Waals surface area contributed by atoms with E-state index in [4.69, 9.17) is 5.11 Å². The number of nitrogens with zero attached hydrogens (tertiary/aromatic N) is 1. The molecule has 0 atom stereocenters. The summed E-state index contributed by atoms with van der Waals surface area (Å²) >= 11 is 0. The number of amides is 2.